The number of rotatable bonds is 7. The number of nitrogens with zero attached hydrogens (tertiary/aromatic N) is 4. The van der Waals surface area contributed by atoms with Gasteiger partial charge in [-0.15, -0.1) is 0 Å². The van der Waals surface area contributed by atoms with Crippen LogP contribution < -0.4 is 0 Å². The summed E-state index contributed by atoms with van der Waals surface area (Å²) < 4.78 is 0. The number of hydrogen-bond acceptors (Lipinski definition) is 4. The van der Waals surface area contributed by atoms with Gasteiger partial charge < -0.3 is 14.7 Å². The molecule has 0 spiro atoms. The van der Waals surface area contributed by atoms with Gasteiger partial charge in [-0.1, -0.05) is 41.4 Å². The molecule has 3 aliphatic rings. The third-order valence-electron chi connectivity index (χ3n) is 8.45. The van der Waals surface area contributed by atoms with Gasteiger partial charge in [0.25, 0.3) is 0 Å². The van der Waals surface area contributed by atoms with Gasteiger partial charge >= 0.3 is 0 Å². The second kappa shape index (κ2) is 11.7. The van der Waals surface area contributed by atoms with E-state index in [4.69, 9.17) is 28.5 Å². The number of likely N-dealkylation sites (N-methyl/N-ethyl adjacent to an activating group) is 1. The predicted octanol–water partition coefficient (Wildman–Crippen LogP) is 4.98. The van der Waals surface area contributed by atoms with Crippen LogP contribution in [-0.2, 0) is 16.0 Å². The molecule has 0 bridgehead atoms. The lowest BCUT2D eigenvalue weighted by Crippen LogP contribution is -2.45. The normalized spacial score (nSPS) is 22.3. The lowest BCUT2D eigenvalue weighted by atomic mass is 9.93. The third-order valence-corrected chi connectivity index (χ3v) is 9.19. The molecule has 2 unspecified atom stereocenters. The van der Waals surface area contributed by atoms with Crippen LogP contribution in [0.3, 0.4) is 0 Å². The zero-order valence-electron chi connectivity index (χ0n) is 21.8. The second-order valence-corrected chi connectivity index (χ2v) is 11.9. The molecule has 38 heavy (non-hydrogen) atoms. The van der Waals surface area contributed by atoms with Gasteiger partial charge in [0.2, 0.25) is 11.8 Å². The zero-order valence-corrected chi connectivity index (χ0v) is 23.3. The fourth-order valence-corrected chi connectivity index (χ4v) is 6.20. The Bertz CT molecular complexity index is 1220. The van der Waals surface area contributed by atoms with E-state index in [1.54, 1.807) is 23.1 Å². The Labute approximate surface area is 235 Å². The highest BCUT2D eigenvalue weighted by Gasteiger charge is 2.42. The third kappa shape index (κ3) is 6.17. The monoisotopic (exact) mass is 552 g/mol. The van der Waals surface area contributed by atoms with Crippen molar-refractivity contribution in [3.05, 3.63) is 69.2 Å². The SMILES string of the molecule is CN(C(=O)Cc1ccc(C#N)cc1)C1CN(C(=O)C2CCN(CC3CC3)CC2)CC1c1ccc(Cl)c(Cl)c1. The minimum atomic E-state index is -0.169. The maximum absolute atomic E-state index is 13.7. The van der Waals surface area contributed by atoms with Crippen LogP contribution in [0.2, 0.25) is 10.0 Å². The highest BCUT2D eigenvalue weighted by atomic mass is 35.5. The number of hydrogen-bond donors (Lipinski definition) is 0. The number of piperidine rings is 1. The average molecular weight is 554 g/mol. The van der Waals surface area contributed by atoms with Crippen LogP contribution in [0.15, 0.2) is 42.5 Å². The average Bonchev–Trinajstić information content (AvgIpc) is 3.64. The van der Waals surface area contributed by atoms with E-state index < -0.39 is 0 Å². The van der Waals surface area contributed by atoms with Gasteiger partial charge in [0.15, 0.2) is 0 Å². The number of amides is 2. The van der Waals surface area contributed by atoms with Crippen molar-refractivity contribution in [1.29, 1.82) is 5.26 Å². The van der Waals surface area contributed by atoms with E-state index in [0.29, 0.717) is 28.7 Å². The maximum Gasteiger partial charge on any atom is 0.227 e. The topological polar surface area (TPSA) is 67.6 Å². The largest absolute Gasteiger partial charge is 0.340 e. The highest BCUT2D eigenvalue weighted by Crippen LogP contribution is 2.36. The fraction of sp³-hybridized carbons (Fsp3) is 0.500. The molecule has 1 aliphatic carbocycles. The first-order chi connectivity index (χ1) is 18.3. The molecule has 0 aromatic heterocycles. The van der Waals surface area contributed by atoms with E-state index in [2.05, 4.69) is 11.0 Å². The van der Waals surface area contributed by atoms with Crippen molar-refractivity contribution in [1.82, 2.24) is 14.7 Å². The fourth-order valence-electron chi connectivity index (χ4n) is 5.90. The van der Waals surface area contributed by atoms with Gasteiger partial charge in [-0.25, -0.2) is 0 Å². The summed E-state index contributed by atoms with van der Waals surface area (Å²) in [5.74, 6) is 1.03. The van der Waals surface area contributed by atoms with Crippen molar-refractivity contribution in [3.63, 3.8) is 0 Å². The summed E-state index contributed by atoms with van der Waals surface area (Å²) in [5, 5.41) is 10.0. The van der Waals surface area contributed by atoms with Crippen molar-refractivity contribution in [2.75, 3.05) is 39.8 Å². The Morgan fingerprint density at radius 2 is 1.71 bits per heavy atom. The Kier molecular flexibility index (Phi) is 8.28. The zero-order chi connectivity index (χ0) is 26.8. The molecule has 5 rings (SSSR count). The van der Waals surface area contributed by atoms with Crippen LogP contribution in [0.5, 0.6) is 0 Å². The molecule has 2 amide bonds. The van der Waals surface area contributed by atoms with E-state index in [9.17, 15) is 9.59 Å². The molecule has 2 saturated heterocycles. The van der Waals surface area contributed by atoms with E-state index in [0.717, 1.165) is 43.0 Å². The number of likely N-dealkylation sites (tertiary alicyclic amines) is 2. The number of benzene rings is 2. The van der Waals surface area contributed by atoms with Crippen LogP contribution in [0.4, 0.5) is 0 Å². The molecular weight excluding hydrogens is 519 g/mol. The molecule has 0 radical (unpaired) electrons. The smallest absolute Gasteiger partial charge is 0.227 e. The molecule has 0 N–H and O–H groups in total. The van der Waals surface area contributed by atoms with Crippen LogP contribution >= 0.6 is 23.2 Å². The van der Waals surface area contributed by atoms with E-state index in [1.165, 1.54) is 19.4 Å². The molecule has 8 heteroatoms. The molecular formula is C30H34Cl2N4O2. The standard InChI is InChI=1S/C30H34Cl2N4O2/c1-34(29(37)14-20-2-4-21(16-33)5-3-20)28-19-36(18-25(28)24-8-9-26(31)27(32)15-24)30(38)23-10-12-35(13-11-23)17-22-6-7-22/h2-5,8-9,15,22-23,25,28H,6-7,10-14,17-19H2,1H3. The van der Waals surface area contributed by atoms with Crippen LogP contribution in [0.1, 0.15) is 48.3 Å². The molecule has 2 heterocycles. The minimum Gasteiger partial charge on any atom is -0.340 e. The van der Waals surface area contributed by atoms with Crippen molar-refractivity contribution in [3.8, 4) is 6.07 Å². The molecule has 2 aromatic carbocycles. The lowest BCUT2D eigenvalue weighted by molar-refractivity contribution is -0.137. The van der Waals surface area contributed by atoms with E-state index >= 15 is 0 Å². The summed E-state index contributed by atoms with van der Waals surface area (Å²) in [7, 11) is 1.82. The first-order valence-corrected chi connectivity index (χ1v) is 14.3. The van der Waals surface area contributed by atoms with Gasteiger partial charge in [-0.05, 0) is 80.1 Å². The summed E-state index contributed by atoms with van der Waals surface area (Å²) in [6.45, 7) is 4.21. The molecule has 3 fully saturated rings. The van der Waals surface area contributed by atoms with Crippen molar-refractivity contribution >= 4 is 35.0 Å². The molecule has 2 aliphatic heterocycles. The Balaban J connectivity index is 1.30. The van der Waals surface area contributed by atoms with Crippen molar-refractivity contribution in [2.24, 2.45) is 11.8 Å². The lowest BCUT2D eigenvalue weighted by Gasteiger charge is -2.33. The van der Waals surface area contributed by atoms with Gasteiger partial charge in [0.05, 0.1) is 34.1 Å². The van der Waals surface area contributed by atoms with Crippen LogP contribution in [-0.4, -0.2) is 72.3 Å². The van der Waals surface area contributed by atoms with Gasteiger partial charge in [0, 0.05) is 38.5 Å². The molecule has 2 atom stereocenters. The molecule has 2 aromatic rings. The number of carbonyl (C=O) groups is 2. The Morgan fingerprint density at radius 3 is 2.34 bits per heavy atom. The quantitative estimate of drug-likeness (QED) is 0.485. The summed E-state index contributed by atoms with van der Waals surface area (Å²) in [6.07, 6.45) is 4.73. The van der Waals surface area contributed by atoms with E-state index in [-0.39, 0.29) is 36.1 Å². The van der Waals surface area contributed by atoms with Crippen molar-refractivity contribution in [2.45, 2.75) is 44.1 Å². The number of nitriles is 1. The van der Waals surface area contributed by atoms with E-state index in [1.807, 2.05) is 36.2 Å². The second-order valence-electron chi connectivity index (χ2n) is 11.1. The predicted molar refractivity (Wildman–Crippen MR) is 149 cm³/mol. The minimum absolute atomic E-state index is 0.0209. The molecule has 6 nitrogen and oxygen atoms in total. The maximum atomic E-state index is 13.7. The summed E-state index contributed by atoms with van der Waals surface area (Å²) in [6, 6.07) is 14.6. The van der Waals surface area contributed by atoms with Gasteiger partial charge in [0.1, 0.15) is 0 Å². The summed E-state index contributed by atoms with van der Waals surface area (Å²) in [4.78, 5) is 33.3. The first-order valence-electron chi connectivity index (χ1n) is 13.5. The van der Waals surface area contributed by atoms with Gasteiger partial charge in [-0.2, -0.15) is 5.26 Å². The van der Waals surface area contributed by atoms with Crippen LogP contribution in [0.25, 0.3) is 0 Å². The summed E-state index contributed by atoms with van der Waals surface area (Å²) >= 11 is 12.6. The molecule has 1 saturated carbocycles. The van der Waals surface area contributed by atoms with Gasteiger partial charge in [-0.3, -0.25) is 9.59 Å². The molecule has 200 valence electrons. The Hall–Kier alpha value is -2.59. The Morgan fingerprint density at radius 1 is 1.00 bits per heavy atom. The summed E-state index contributed by atoms with van der Waals surface area (Å²) in [5.41, 5.74) is 2.41. The first kappa shape index (κ1) is 27.0. The van der Waals surface area contributed by atoms with Crippen LogP contribution in [0, 0.1) is 23.2 Å². The highest BCUT2D eigenvalue weighted by molar-refractivity contribution is 6.42. The number of halogens is 2. The number of carbonyl (C=O) groups excluding carboxylic acids is 2. The van der Waals surface area contributed by atoms with Crippen molar-refractivity contribution < 1.29 is 9.59 Å².